The highest BCUT2D eigenvalue weighted by molar-refractivity contribution is 9.10. The quantitative estimate of drug-likeness (QED) is 0.222. The van der Waals surface area contributed by atoms with Crippen molar-refractivity contribution in [3.8, 4) is 11.5 Å². The third-order valence-corrected chi connectivity index (χ3v) is 6.28. The molecule has 2 aromatic carbocycles. The molecule has 2 rings (SSSR count). The van der Waals surface area contributed by atoms with Crippen molar-refractivity contribution in [2.75, 3.05) is 13.1 Å². The van der Waals surface area contributed by atoms with Crippen molar-refractivity contribution >= 4 is 47.8 Å². The summed E-state index contributed by atoms with van der Waals surface area (Å²) in [6.45, 7) is 17.1. The van der Waals surface area contributed by atoms with Gasteiger partial charge >= 0.3 is 11.9 Å². The lowest BCUT2D eigenvalue weighted by Crippen LogP contribution is -2.35. The highest BCUT2D eigenvalue weighted by atomic mass is 79.9. The first-order valence-corrected chi connectivity index (χ1v) is 18.3. The van der Waals surface area contributed by atoms with Crippen molar-refractivity contribution in [1.29, 1.82) is 0 Å². The fourth-order valence-electron chi connectivity index (χ4n) is 3.16. The van der Waals surface area contributed by atoms with Gasteiger partial charge in [0.05, 0.1) is 12.8 Å². The Labute approximate surface area is 265 Å². The van der Waals surface area contributed by atoms with Crippen LogP contribution in [0.2, 0.25) is 19.6 Å². The molecule has 0 radical (unpaired) electrons. The molecule has 0 unspecified atom stereocenters. The van der Waals surface area contributed by atoms with Gasteiger partial charge < -0.3 is 20.1 Å². The van der Waals surface area contributed by atoms with E-state index in [0.29, 0.717) is 0 Å². The first-order chi connectivity index (χ1) is 19.7. The zero-order valence-corrected chi connectivity index (χ0v) is 29.4. The van der Waals surface area contributed by atoms with Crippen LogP contribution in [0.4, 0.5) is 0 Å². The van der Waals surface area contributed by atoms with Crippen molar-refractivity contribution in [1.82, 2.24) is 10.6 Å². The topological polar surface area (TPSA) is 111 Å². The first kappa shape index (κ1) is 37.6. The number of amides is 2. The second-order valence-corrected chi connectivity index (χ2v) is 18.6. The molecule has 0 heterocycles. The lowest BCUT2D eigenvalue weighted by Gasteiger charge is -2.19. The average Bonchev–Trinajstić information content (AvgIpc) is 2.85. The predicted molar refractivity (Wildman–Crippen MR) is 176 cm³/mol. The Morgan fingerprint density at radius 1 is 0.698 bits per heavy atom. The third-order valence-electron chi connectivity index (χ3n) is 4.88. The van der Waals surface area contributed by atoms with Gasteiger partial charge in [0.1, 0.15) is 32.4 Å². The third kappa shape index (κ3) is 20.2. The molecule has 0 bridgehead atoms. The number of hydrogen-bond acceptors (Lipinski definition) is 6. The zero-order valence-electron chi connectivity index (χ0n) is 26.8. The van der Waals surface area contributed by atoms with E-state index in [1.54, 1.807) is 41.5 Å². The second kappa shape index (κ2) is 17.0. The van der Waals surface area contributed by atoms with Gasteiger partial charge in [-0.15, -0.1) is 5.54 Å². The molecule has 2 amide bonds. The largest absolute Gasteiger partial charge is 0.459 e. The Hall–Kier alpha value is -3.42. The van der Waals surface area contributed by atoms with Gasteiger partial charge in [0.25, 0.3) is 0 Å². The molecule has 8 nitrogen and oxygen atoms in total. The van der Waals surface area contributed by atoms with E-state index in [1.165, 1.54) is 0 Å². The number of carbonyl (C=O) groups is 4. The smallest absolute Gasteiger partial charge is 0.325 e. The SMILES string of the molecule is CC(C)(C)OC(=O)CNC(=O)Cc1ccc(Br)cc1.CC(C)(C)OC(=O)CNC(=O)Cc1ccc(C#C[Si](C)(C)C)cc1. The van der Waals surface area contributed by atoms with E-state index in [9.17, 15) is 19.2 Å². The van der Waals surface area contributed by atoms with Gasteiger partial charge in [0.15, 0.2) is 0 Å². The summed E-state index contributed by atoms with van der Waals surface area (Å²) in [4.78, 5) is 46.5. The van der Waals surface area contributed by atoms with Crippen molar-refractivity contribution in [3.05, 3.63) is 69.7 Å². The van der Waals surface area contributed by atoms with E-state index in [1.807, 2.05) is 48.5 Å². The van der Waals surface area contributed by atoms with Crippen molar-refractivity contribution in [3.63, 3.8) is 0 Å². The molecular weight excluding hydrogens is 628 g/mol. The summed E-state index contributed by atoms with van der Waals surface area (Å²) < 4.78 is 11.2. The Morgan fingerprint density at radius 3 is 1.42 bits per heavy atom. The van der Waals surface area contributed by atoms with E-state index in [-0.39, 0.29) is 37.7 Å². The van der Waals surface area contributed by atoms with E-state index in [2.05, 4.69) is 57.7 Å². The maximum Gasteiger partial charge on any atom is 0.325 e. The molecule has 0 fully saturated rings. The van der Waals surface area contributed by atoms with Crippen molar-refractivity contribution in [2.45, 2.75) is 85.2 Å². The van der Waals surface area contributed by atoms with E-state index in [0.717, 1.165) is 21.2 Å². The minimum Gasteiger partial charge on any atom is -0.459 e. The lowest BCUT2D eigenvalue weighted by molar-refractivity contribution is -0.155. The van der Waals surface area contributed by atoms with Gasteiger partial charge in [-0.2, -0.15) is 0 Å². The van der Waals surface area contributed by atoms with Gasteiger partial charge in [0.2, 0.25) is 11.8 Å². The summed E-state index contributed by atoms with van der Waals surface area (Å²) in [5, 5.41) is 5.12. The highest BCUT2D eigenvalue weighted by Crippen LogP contribution is 2.11. The van der Waals surface area contributed by atoms with Gasteiger partial charge in [0, 0.05) is 10.0 Å². The molecule has 0 atom stereocenters. The van der Waals surface area contributed by atoms with Crippen LogP contribution in [0, 0.1) is 11.5 Å². The second-order valence-electron chi connectivity index (χ2n) is 12.9. The van der Waals surface area contributed by atoms with Crippen LogP contribution in [0.15, 0.2) is 53.0 Å². The molecule has 0 aliphatic rings. The molecule has 0 saturated heterocycles. The zero-order chi connectivity index (χ0) is 32.8. The van der Waals surface area contributed by atoms with Gasteiger partial charge in [-0.25, -0.2) is 0 Å². The summed E-state index contributed by atoms with van der Waals surface area (Å²) in [5.74, 6) is 1.90. The van der Waals surface area contributed by atoms with Gasteiger partial charge in [-0.1, -0.05) is 65.8 Å². The number of ether oxygens (including phenoxy) is 2. The molecule has 0 aliphatic heterocycles. The van der Waals surface area contributed by atoms with Crippen molar-refractivity contribution in [2.24, 2.45) is 0 Å². The normalized spacial score (nSPS) is 11.1. The molecule has 0 spiro atoms. The summed E-state index contributed by atoms with van der Waals surface area (Å²) in [7, 11) is -1.39. The lowest BCUT2D eigenvalue weighted by atomic mass is 10.1. The molecule has 43 heavy (non-hydrogen) atoms. The number of esters is 2. The Balaban J connectivity index is 0.000000442. The number of carbonyl (C=O) groups excluding carboxylic acids is 4. The van der Waals surface area contributed by atoms with Crippen LogP contribution in [0.25, 0.3) is 0 Å². The summed E-state index contributed by atoms with van der Waals surface area (Å²) in [6.07, 6.45) is 0.473. The summed E-state index contributed by atoms with van der Waals surface area (Å²) >= 11 is 3.33. The molecule has 0 aromatic heterocycles. The molecular formula is C33H45BrN2O6Si. The number of halogens is 1. The van der Waals surface area contributed by atoms with E-state index >= 15 is 0 Å². The maximum atomic E-state index is 11.9. The fraction of sp³-hybridized carbons (Fsp3) is 0.455. The Morgan fingerprint density at radius 2 is 1.07 bits per heavy atom. The molecule has 2 N–H and O–H groups in total. The minimum atomic E-state index is -1.39. The summed E-state index contributed by atoms with van der Waals surface area (Å²) in [5.41, 5.74) is 4.96. The number of nitrogens with one attached hydrogen (secondary N) is 2. The first-order valence-electron chi connectivity index (χ1n) is 14.0. The average molecular weight is 674 g/mol. The molecule has 234 valence electrons. The number of rotatable bonds is 8. The van der Waals surface area contributed by atoms with Crippen LogP contribution in [0.1, 0.15) is 58.2 Å². The fourth-order valence-corrected chi connectivity index (χ4v) is 3.94. The molecule has 10 heteroatoms. The minimum absolute atomic E-state index is 0.105. The van der Waals surface area contributed by atoms with Crippen LogP contribution in [-0.4, -0.2) is 56.1 Å². The Bertz CT molecular complexity index is 1290. The summed E-state index contributed by atoms with van der Waals surface area (Å²) in [6, 6.07) is 15.1. The molecule has 0 saturated carbocycles. The van der Waals surface area contributed by atoms with Crippen LogP contribution in [0.5, 0.6) is 0 Å². The van der Waals surface area contributed by atoms with E-state index in [4.69, 9.17) is 9.47 Å². The molecule has 0 aliphatic carbocycles. The van der Waals surface area contributed by atoms with Crippen LogP contribution < -0.4 is 10.6 Å². The highest BCUT2D eigenvalue weighted by Gasteiger charge is 2.18. The number of benzene rings is 2. The van der Waals surface area contributed by atoms with Crippen LogP contribution in [0.3, 0.4) is 0 Å². The molecule has 2 aromatic rings. The van der Waals surface area contributed by atoms with Gasteiger partial charge in [-0.05, 0) is 76.9 Å². The van der Waals surface area contributed by atoms with Crippen LogP contribution in [-0.2, 0) is 41.5 Å². The maximum absolute atomic E-state index is 11.9. The van der Waals surface area contributed by atoms with Gasteiger partial charge in [-0.3, -0.25) is 19.2 Å². The van der Waals surface area contributed by atoms with Crippen molar-refractivity contribution < 1.29 is 28.7 Å². The standard InChI is InChI=1S/C19H27NO3Si.C14H18BrNO3/c1-19(2,3)23-18(22)14-20-17(21)13-16-9-7-15(8-10-16)11-12-24(4,5)6;1-14(2,3)19-13(18)9-16-12(17)8-10-4-6-11(15)7-5-10/h7-10H,13-14H2,1-6H3,(H,20,21);4-7H,8-9H2,1-3H3,(H,16,17). The monoisotopic (exact) mass is 672 g/mol. The predicted octanol–water partition coefficient (Wildman–Crippen LogP) is 5.37. The van der Waals surface area contributed by atoms with Crippen LogP contribution >= 0.6 is 15.9 Å². The van der Waals surface area contributed by atoms with E-state index < -0.39 is 31.2 Å². The Kier molecular flexibility index (Phi) is 14.9. The number of hydrogen-bond donors (Lipinski definition) is 2.